The van der Waals surface area contributed by atoms with Crippen LogP contribution in [0, 0.1) is 0 Å². The second-order valence-corrected chi connectivity index (χ2v) is 6.86. The molecule has 0 aliphatic carbocycles. The van der Waals surface area contributed by atoms with Crippen molar-refractivity contribution < 1.29 is 9.53 Å². The lowest BCUT2D eigenvalue weighted by molar-refractivity contribution is -0.125. The molecule has 0 saturated carbocycles. The quantitative estimate of drug-likeness (QED) is 0.621. The van der Waals surface area contributed by atoms with E-state index in [1.54, 1.807) is 13.2 Å². The molecule has 0 spiro atoms. The Hall–Kier alpha value is -2.18. The summed E-state index contributed by atoms with van der Waals surface area (Å²) in [4.78, 5) is 18.7. The molecule has 1 atom stereocenters. The zero-order valence-corrected chi connectivity index (χ0v) is 15.3. The number of hydrogen-bond donors (Lipinski definition) is 0. The number of hydrogen-bond acceptors (Lipinski definition) is 4. The molecule has 4 nitrogen and oxygen atoms in total. The minimum absolute atomic E-state index is 0.168. The van der Waals surface area contributed by atoms with Crippen LogP contribution < -0.4 is 9.64 Å². The van der Waals surface area contributed by atoms with Gasteiger partial charge >= 0.3 is 0 Å². The molecule has 0 N–H and O–H groups in total. The van der Waals surface area contributed by atoms with E-state index in [2.05, 4.69) is 20.9 Å². The van der Waals surface area contributed by atoms with E-state index >= 15 is 0 Å². The number of benzene rings is 2. The number of carbonyl (C=O) groups excluding carboxylic acids is 1. The summed E-state index contributed by atoms with van der Waals surface area (Å²) in [5.74, 6) is 0.465. The molecule has 0 bridgehead atoms. The van der Waals surface area contributed by atoms with Crippen molar-refractivity contribution in [3.63, 3.8) is 0 Å². The van der Waals surface area contributed by atoms with E-state index in [9.17, 15) is 4.79 Å². The molecule has 1 amide bonds. The summed E-state index contributed by atoms with van der Waals surface area (Å²) < 4.78 is 6.96. The van der Waals surface area contributed by atoms with Gasteiger partial charge < -0.3 is 4.74 Å². The number of carbonyl (C=O) groups is 1. The van der Waals surface area contributed by atoms with E-state index in [4.69, 9.17) is 4.74 Å². The molecule has 24 heavy (non-hydrogen) atoms. The number of thiazole rings is 1. The Morgan fingerprint density at radius 3 is 2.50 bits per heavy atom. The third-order valence-electron chi connectivity index (χ3n) is 3.43. The largest absolute Gasteiger partial charge is 0.476 e. The summed E-state index contributed by atoms with van der Waals surface area (Å²) in [6.07, 6.45) is 0.943. The van der Waals surface area contributed by atoms with Gasteiger partial charge in [-0.05, 0) is 24.3 Å². The first kappa shape index (κ1) is 16.7. The van der Waals surface area contributed by atoms with Crippen LogP contribution in [0.15, 0.2) is 70.6 Å². The number of anilines is 1. The molecule has 0 fully saturated rings. The van der Waals surface area contributed by atoms with Crippen LogP contribution in [0.4, 0.5) is 5.13 Å². The molecule has 1 heterocycles. The summed E-state index contributed by atoms with van der Waals surface area (Å²) in [5.41, 5.74) is 0.800. The zero-order valence-electron chi connectivity index (χ0n) is 12.9. The van der Waals surface area contributed by atoms with Gasteiger partial charge in [-0.15, -0.1) is 11.3 Å². The summed E-state index contributed by atoms with van der Waals surface area (Å²) >= 11 is 4.81. The first-order chi connectivity index (χ1) is 11.6. The first-order valence-corrected chi connectivity index (χ1v) is 8.96. The number of likely N-dealkylation sites (N-methyl/N-ethyl adjacent to an activating group) is 1. The fourth-order valence-corrected chi connectivity index (χ4v) is 3.07. The van der Waals surface area contributed by atoms with Crippen LogP contribution in [0.5, 0.6) is 5.75 Å². The number of amides is 1. The molecule has 0 radical (unpaired) electrons. The summed E-state index contributed by atoms with van der Waals surface area (Å²) in [7, 11) is 1.71. The van der Waals surface area contributed by atoms with E-state index in [0.717, 1.165) is 10.0 Å². The van der Waals surface area contributed by atoms with Gasteiger partial charge in [-0.3, -0.25) is 9.69 Å². The van der Waals surface area contributed by atoms with Crippen LogP contribution in [0.25, 0.3) is 0 Å². The van der Waals surface area contributed by atoms with E-state index in [-0.39, 0.29) is 5.91 Å². The molecule has 6 heteroatoms. The maximum atomic E-state index is 13.0. The monoisotopic (exact) mass is 402 g/mol. The van der Waals surface area contributed by atoms with Gasteiger partial charge in [-0.25, -0.2) is 4.98 Å². The fourth-order valence-electron chi connectivity index (χ4n) is 2.19. The Kier molecular flexibility index (Phi) is 5.27. The Labute approximate surface area is 152 Å². The minimum atomic E-state index is -0.735. The average Bonchev–Trinajstić information content (AvgIpc) is 3.15. The maximum absolute atomic E-state index is 13.0. The summed E-state index contributed by atoms with van der Waals surface area (Å²) in [6, 6.07) is 16.9. The van der Waals surface area contributed by atoms with Crippen molar-refractivity contribution in [1.29, 1.82) is 0 Å². The third-order valence-corrected chi connectivity index (χ3v) is 4.81. The highest BCUT2D eigenvalue weighted by molar-refractivity contribution is 9.10. The predicted octanol–water partition coefficient (Wildman–Crippen LogP) is 4.69. The van der Waals surface area contributed by atoms with Crippen molar-refractivity contribution in [3.8, 4) is 5.75 Å². The standard InChI is InChI=1S/C18H15BrN2O2S/c1-21(18-20-11-12-24-18)17(22)16(13-5-3-2-4-6-13)23-15-9-7-14(19)8-10-15/h2-12,16H,1H3. The highest BCUT2D eigenvalue weighted by Gasteiger charge is 2.27. The van der Waals surface area contributed by atoms with Gasteiger partial charge in [-0.1, -0.05) is 46.3 Å². The lowest BCUT2D eigenvalue weighted by atomic mass is 10.1. The molecule has 0 aliphatic heterocycles. The van der Waals surface area contributed by atoms with Gasteiger partial charge in [0.1, 0.15) is 5.75 Å². The maximum Gasteiger partial charge on any atom is 0.274 e. The SMILES string of the molecule is CN(C(=O)C(Oc1ccc(Br)cc1)c1ccccc1)c1nccs1. The van der Waals surface area contributed by atoms with Crippen LogP contribution in [-0.2, 0) is 4.79 Å². The average molecular weight is 403 g/mol. The third kappa shape index (κ3) is 3.83. The fraction of sp³-hybridized carbons (Fsp3) is 0.111. The highest BCUT2D eigenvalue weighted by Crippen LogP contribution is 2.27. The Bertz CT molecular complexity index is 792. The topological polar surface area (TPSA) is 42.4 Å². The molecular weight excluding hydrogens is 388 g/mol. The van der Waals surface area contributed by atoms with Crippen molar-refractivity contribution in [1.82, 2.24) is 4.98 Å². The molecule has 0 saturated heterocycles. The number of ether oxygens (including phenoxy) is 1. The Morgan fingerprint density at radius 2 is 1.88 bits per heavy atom. The number of rotatable bonds is 5. The van der Waals surface area contributed by atoms with Crippen LogP contribution in [0.2, 0.25) is 0 Å². The van der Waals surface area contributed by atoms with E-state index in [1.165, 1.54) is 16.2 Å². The van der Waals surface area contributed by atoms with Crippen molar-refractivity contribution in [2.75, 3.05) is 11.9 Å². The van der Waals surface area contributed by atoms with Gasteiger partial charge in [0, 0.05) is 28.7 Å². The minimum Gasteiger partial charge on any atom is -0.476 e. The first-order valence-electron chi connectivity index (χ1n) is 7.29. The number of aromatic nitrogens is 1. The molecule has 1 aromatic heterocycles. The van der Waals surface area contributed by atoms with Gasteiger partial charge in [0.2, 0.25) is 6.10 Å². The van der Waals surface area contributed by atoms with Gasteiger partial charge in [0.05, 0.1) is 0 Å². The van der Waals surface area contributed by atoms with Crippen molar-refractivity contribution in [2.24, 2.45) is 0 Å². The molecule has 0 aliphatic rings. The van der Waals surface area contributed by atoms with E-state index in [1.807, 2.05) is 60.0 Å². The van der Waals surface area contributed by atoms with Gasteiger partial charge in [-0.2, -0.15) is 0 Å². The number of halogens is 1. The van der Waals surface area contributed by atoms with Crippen LogP contribution in [0.1, 0.15) is 11.7 Å². The zero-order chi connectivity index (χ0) is 16.9. The highest BCUT2D eigenvalue weighted by atomic mass is 79.9. The van der Waals surface area contributed by atoms with Gasteiger partial charge in [0.15, 0.2) is 5.13 Å². The Balaban J connectivity index is 1.90. The van der Waals surface area contributed by atoms with Crippen LogP contribution >= 0.6 is 27.3 Å². The second-order valence-electron chi connectivity index (χ2n) is 5.07. The van der Waals surface area contributed by atoms with Gasteiger partial charge in [0.25, 0.3) is 5.91 Å². The van der Waals surface area contributed by atoms with Crippen LogP contribution in [-0.4, -0.2) is 17.9 Å². The molecule has 3 rings (SSSR count). The summed E-state index contributed by atoms with van der Waals surface area (Å²) in [6.45, 7) is 0. The molecular formula is C18H15BrN2O2S. The second kappa shape index (κ2) is 7.59. The smallest absolute Gasteiger partial charge is 0.274 e. The van der Waals surface area contributed by atoms with Crippen LogP contribution in [0.3, 0.4) is 0 Å². The van der Waals surface area contributed by atoms with Crippen molar-refractivity contribution in [3.05, 3.63) is 76.2 Å². The summed E-state index contributed by atoms with van der Waals surface area (Å²) in [5, 5.41) is 2.48. The molecule has 1 unspecified atom stereocenters. The van der Waals surface area contributed by atoms with E-state index in [0.29, 0.717) is 10.9 Å². The van der Waals surface area contributed by atoms with E-state index < -0.39 is 6.10 Å². The molecule has 122 valence electrons. The van der Waals surface area contributed by atoms with Crippen molar-refractivity contribution in [2.45, 2.75) is 6.10 Å². The molecule has 2 aromatic carbocycles. The number of nitrogens with zero attached hydrogens (tertiary/aromatic N) is 2. The lowest BCUT2D eigenvalue weighted by Gasteiger charge is -2.23. The normalized spacial score (nSPS) is 11.8. The Morgan fingerprint density at radius 1 is 1.17 bits per heavy atom. The van der Waals surface area contributed by atoms with Crippen molar-refractivity contribution >= 4 is 38.3 Å². The molecule has 3 aromatic rings. The predicted molar refractivity (Wildman–Crippen MR) is 99.5 cm³/mol. The lowest BCUT2D eigenvalue weighted by Crippen LogP contribution is -2.34.